The maximum Gasteiger partial charge on any atom is 0.311 e. The minimum absolute atomic E-state index is 0.0212. The predicted molar refractivity (Wildman–Crippen MR) is 88.6 cm³/mol. The average Bonchev–Trinajstić information content (AvgIpc) is 2.91. The van der Waals surface area contributed by atoms with E-state index in [9.17, 15) is 14.7 Å². The zero-order valence-corrected chi connectivity index (χ0v) is 14.6. The van der Waals surface area contributed by atoms with E-state index >= 15 is 0 Å². The van der Waals surface area contributed by atoms with Gasteiger partial charge in [-0.1, -0.05) is 41.9 Å². The lowest BCUT2D eigenvalue weighted by Crippen LogP contribution is -2.40. The first-order valence-electron chi connectivity index (χ1n) is 7.61. The molecule has 4 nitrogen and oxygen atoms in total. The van der Waals surface area contributed by atoms with Gasteiger partial charge in [-0.2, -0.15) is 0 Å². The van der Waals surface area contributed by atoms with Crippen LogP contribution in [0.5, 0.6) is 0 Å². The van der Waals surface area contributed by atoms with Gasteiger partial charge >= 0.3 is 5.97 Å². The van der Waals surface area contributed by atoms with Crippen LogP contribution in [-0.4, -0.2) is 35.0 Å². The third-order valence-corrected chi connectivity index (χ3v) is 5.19. The van der Waals surface area contributed by atoms with Gasteiger partial charge in [-0.05, 0) is 36.5 Å². The second kappa shape index (κ2) is 6.82. The number of carboxylic acid groups (broad SMARTS) is 1. The molecule has 1 N–H and O–H groups in total. The van der Waals surface area contributed by atoms with E-state index in [1.54, 1.807) is 4.90 Å². The van der Waals surface area contributed by atoms with Gasteiger partial charge in [0.2, 0.25) is 5.91 Å². The molecule has 120 valence electrons. The Balaban J connectivity index is 1.96. The van der Waals surface area contributed by atoms with Gasteiger partial charge < -0.3 is 10.0 Å². The van der Waals surface area contributed by atoms with Gasteiger partial charge in [0.25, 0.3) is 0 Å². The van der Waals surface area contributed by atoms with Gasteiger partial charge in [0.1, 0.15) is 0 Å². The van der Waals surface area contributed by atoms with Crippen LogP contribution in [0.1, 0.15) is 32.3 Å². The molecule has 1 unspecified atom stereocenters. The first kappa shape index (κ1) is 17.0. The van der Waals surface area contributed by atoms with Crippen LogP contribution in [-0.2, 0) is 16.0 Å². The highest BCUT2D eigenvalue weighted by molar-refractivity contribution is 9.10. The van der Waals surface area contributed by atoms with Crippen molar-refractivity contribution in [1.29, 1.82) is 0 Å². The molecule has 1 fully saturated rings. The summed E-state index contributed by atoms with van der Waals surface area (Å²) >= 11 is 3.42. The lowest BCUT2D eigenvalue weighted by Gasteiger charge is -2.28. The predicted octanol–water partition coefficient (Wildman–Crippen LogP) is 3.34. The molecular weight excluding hydrogens is 346 g/mol. The second-order valence-electron chi connectivity index (χ2n) is 6.31. The molecule has 0 spiro atoms. The topological polar surface area (TPSA) is 57.6 Å². The van der Waals surface area contributed by atoms with Crippen molar-refractivity contribution in [2.75, 3.05) is 13.1 Å². The van der Waals surface area contributed by atoms with E-state index in [2.05, 4.69) is 15.9 Å². The fourth-order valence-corrected chi connectivity index (χ4v) is 3.49. The molecule has 2 rings (SSSR count). The van der Waals surface area contributed by atoms with Crippen LogP contribution >= 0.6 is 15.9 Å². The summed E-state index contributed by atoms with van der Waals surface area (Å²) in [7, 11) is 0. The molecule has 1 saturated heterocycles. The van der Waals surface area contributed by atoms with Crippen LogP contribution in [0.4, 0.5) is 0 Å². The number of hydrogen-bond donors (Lipinski definition) is 1. The van der Waals surface area contributed by atoms with Gasteiger partial charge in [-0.15, -0.1) is 0 Å². The molecule has 1 aliphatic heterocycles. The number of carboxylic acids is 1. The minimum Gasteiger partial charge on any atom is -0.481 e. The molecule has 0 radical (unpaired) electrons. The molecule has 22 heavy (non-hydrogen) atoms. The number of aryl methyl sites for hydroxylation is 1. The van der Waals surface area contributed by atoms with E-state index in [1.807, 2.05) is 38.1 Å². The fourth-order valence-electron chi connectivity index (χ4n) is 3.04. The van der Waals surface area contributed by atoms with Crippen LogP contribution in [0.25, 0.3) is 0 Å². The van der Waals surface area contributed by atoms with E-state index in [0.717, 1.165) is 10.0 Å². The lowest BCUT2D eigenvalue weighted by atomic mass is 9.76. The standard InChI is InChI=1S/C17H22BrNO3/c1-12(2)17(16(21)22)8-9-19(11-17)15(20)7-6-13-4-3-5-14(18)10-13/h3-5,10,12H,6-9,11H2,1-2H3,(H,21,22). The molecule has 0 bridgehead atoms. The van der Waals surface area contributed by atoms with Crippen molar-refractivity contribution < 1.29 is 14.7 Å². The van der Waals surface area contributed by atoms with Gasteiger partial charge in [0, 0.05) is 24.0 Å². The van der Waals surface area contributed by atoms with Gasteiger partial charge in [0.05, 0.1) is 5.41 Å². The van der Waals surface area contributed by atoms with Crippen molar-refractivity contribution in [1.82, 2.24) is 4.90 Å². The summed E-state index contributed by atoms with van der Waals surface area (Å²) in [6, 6.07) is 7.91. The second-order valence-corrected chi connectivity index (χ2v) is 7.23. The molecular formula is C17H22BrNO3. The Kier molecular flexibility index (Phi) is 5.27. The monoisotopic (exact) mass is 367 g/mol. The highest BCUT2D eigenvalue weighted by Gasteiger charge is 2.48. The Bertz CT molecular complexity index is 573. The van der Waals surface area contributed by atoms with Crippen LogP contribution in [0.2, 0.25) is 0 Å². The molecule has 1 amide bonds. The van der Waals surface area contributed by atoms with Crippen LogP contribution in [0.15, 0.2) is 28.7 Å². The number of carbonyl (C=O) groups excluding carboxylic acids is 1. The number of amides is 1. The van der Waals surface area contributed by atoms with Crippen molar-refractivity contribution in [3.63, 3.8) is 0 Å². The minimum atomic E-state index is -0.787. The molecule has 0 aliphatic carbocycles. The van der Waals surface area contributed by atoms with Crippen molar-refractivity contribution >= 4 is 27.8 Å². The average molecular weight is 368 g/mol. The van der Waals surface area contributed by atoms with Gasteiger partial charge in [-0.3, -0.25) is 9.59 Å². The number of benzene rings is 1. The van der Waals surface area contributed by atoms with Crippen molar-refractivity contribution in [3.8, 4) is 0 Å². The zero-order valence-electron chi connectivity index (χ0n) is 13.0. The third kappa shape index (κ3) is 3.51. The third-order valence-electron chi connectivity index (χ3n) is 4.70. The summed E-state index contributed by atoms with van der Waals surface area (Å²) in [5.74, 6) is -0.721. The summed E-state index contributed by atoms with van der Waals surface area (Å²) in [4.78, 5) is 25.7. The molecule has 0 saturated carbocycles. The largest absolute Gasteiger partial charge is 0.481 e. The zero-order chi connectivity index (χ0) is 16.3. The Morgan fingerprint density at radius 1 is 1.41 bits per heavy atom. The van der Waals surface area contributed by atoms with Gasteiger partial charge in [-0.25, -0.2) is 0 Å². The summed E-state index contributed by atoms with van der Waals surface area (Å²) in [5, 5.41) is 9.53. The summed E-state index contributed by atoms with van der Waals surface area (Å²) < 4.78 is 1.00. The number of hydrogen-bond acceptors (Lipinski definition) is 2. The van der Waals surface area contributed by atoms with Crippen molar-refractivity contribution in [2.45, 2.75) is 33.1 Å². The van der Waals surface area contributed by atoms with Crippen LogP contribution < -0.4 is 0 Å². The van der Waals surface area contributed by atoms with Crippen molar-refractivity contribution in [2.24, 2.45) is 11.3 Å². The molecule has 0 aromatic heterocycles. The Hall–Kier alpha value is -1.36. The Morgan fingerprint density at radius 2 is 2.14 bits per heavy atom. The number of carbonyl (C=O) groups is 2. The van der Waals surface area contributed by atoms with Crippen LogP contribution in [0, 0.1) is 11.3 Å². The first-order valence-corrected chi connectivity index (χ1v) is 8.40. The summed E-state index contributed by atoms with van der Waals surface area (Å²) in [6.45, 7) is 4.71. The molecule has 1 atom stereocenters. The molecule has 1 aromatic carbocycles. The molecule has 1 aromatic rings. The Morgan fingerprint density at radius 3 is 2.68 bits per heavy atom. The smallest absolute Gasteiger partial charge is 0.311 e. The summed E-state index contributed by atoms with van der Waals surface area (Å²) in [5.41, 5.74) is 0.320. The highest BCUT2D eigenvalue weighted by atomic mass is 79.9. The highest BCUT2D eigenvalue weighted by Crippen LogP contribution is 2.38. The van der Waals surface area contributed by atoms with E-state index in [1.165, 1.54) is 0 Å². The Labute approximate surface area is 139 Å². The molecule has 5 heteroatoms. The lowest BCUT2D eigenvalue weighted by molar-refractivity contribution is -0.151. The van der Waals surface area contributed by atoms with E-state index in [-0.39, 0.29) is 11.8 Å². The van der Waals surface area contributed by atoms with Crippen molar-refractivity contribution in [3.05, 3.63) is 34.3 Å². The number of nitrogens with zero attached hydrogens (tertiary/aromatic N) is 1. The maximum absolute atomic E-state index is 12.4. The molecule has 1 heterocycles. The molecule has 1 aliphatic rings. The summed E-state index contributed by atoms with van der Waals surface area (Å²) in [6.07, 6.45) is 1.64. The number of aliphatic carboxylic acids is 1. The maximum atomic E-state index is 12.4. The number of likely N-dealkylation sites (tertiary alicyclic amines) is 1. The first-order chi connectivity index (χ1) is 10.3. The quantitative estimate of drug-likeness (QED) is 0.867. The van der Waals surface area contributed by atoms with E-state index < -0.39 is 11.4 Å². The fraction of sp³-hybridized carbons (Fsp3) is 0.529. The number of rotatable bonds is 5. The van der Waals surface area contributed by atoms with E-state index in [4.69, 9.17) is 0 Å². The SMILES string of the molecule is CC(C)C1(C(=O)O)CCN(C(=O)CCc2cccc(Br)c2)C1. The van der Waals surface area contributed by atoms with Gasteiger partial charge in [0.15, 0.2) is 0 Å². The van der Waals surface area contributed by atoms with E-state index in [0.29, 0.717) is 32.4 Å². The van der Waals surface area contributed by atoms with Crippen LogP contribution in [0.3, 0.4) is 0 Å². The number of halogens is 1. The normalized spacial score (nSPS) is 21.4.